The molecule has 0 unspecified atom stereocenters. The maximum atomic E-state index is 5.17. The molecule has 1 atom stereocenters. The first-order chi connectivity index (χ1) is 10.3. The number of piperidine rings is 1. The number of hydrogen-bond acceptors (Lipinski definition) is 2. The number of nitrogens with zero attached hydrogens (tertiary/aromatic N) is 1. The molecule has 0 aliphatic carbocycles. The quantitative estimate of drug-likeness (QED) is 0.818. The first kappa shape index (κ1) is 14.6. The maximum Gasteiger partial charge on any atom is 0.0462 e. The van der Waals surface area contributed by atoms with Gasteiger partial charge in [-0.2, -0.15) is 0 Å². The molecule has 1 aromatic carbocycles. The Kier molecular flexibility index (Phi) is 4.94. The second kappa shape index (κ2) is 7.10. The monoisotopic (exact) mass is 286 g/mol. The number of nitrogens with one attached hydrogen (secondary N) is 1. The molecule has 114 valence electrons. The van der Waals surface area contributed by atoms with Gasteiger partial charge in [-0.15, -0.1) is 0 Å². The molecule has 21 heavy (non-hydrogen) atoms. The number of likely N-dealkylation sites (tertiary alicyclic amines) is 1. The van der Waals surface area contributed by atoms with Crippen molar-refractivity contribution in [3.63, 3.8) is 0 Å². The highest BCUT2D eigenvalue weighted by Gasteiger charge is 2.19. The Morgan fingerprint density at radius 1 is 1.33 bits per heavy atom. The lowest BCUT2D eigenvalue weighted by Gasteiger charge is -2.32. The Morgan fingerprint density at radius 2 is 2.29 bits per heavy atom. The van der Waals surface area contributed by atoms with E-state index >= 15 is 0 Å². The van der Waals surface area contributed by atoms with E-state index in [9.17, 15) is 0 Å². The topological polar surface area (TPSA) is 28.3 Å². The minimum atomic E-state index is 0.852. The van der Waals surface area contributed by atoms with Gasteiger partial charge in [0, 0.05) is 38.5 Å². The lowest BCUT2D eigenvalue weighted by Crippen LogP contribution is -2.35. The zero-order valence-corrected chi connectivity index (χ0v) is 13.0. The summed E-state index contributed by atoms with van der Waals surface area (Å²) in [6.45, 7) is 4.48. The summed E-state index contributed by atoms with van der Waals surface area (Å²) in [6, 6.07) is 8.93. The van der Waals surface area contributed by atoms with Crippen molar-refractivity contribution >= 4 is 10.9 Å². The fraction of sp³-hybridized carbons (Fsp3) is 0.556. The summed E-state index contributed by atoms with van der Waals surface area (Å²) in [5.41, 5.74) is 2.66. The summed E-state index contributed by atoms with van der Waals surface area (Å²) < 4.78 is 5.17. The van der Waals surface area contributed by atoms with Crippen LogP contribution in [0.3, 0.4) is 0 Å². The summed E-state index contributed by atoms with van der Waals surface area (Å²) in [5, 5.41) is 1.32. The molecule has 3 rings (SSSR count). The molecule has 0 bridgehead atoms. The minimum absolute atomic E-state index is 0.852. The van der Waals surface area contributed by atoms with E-state index in [1.165, 1.54) is 55.2 Å². The Labute approximate surface area is 127 Å². The molecule has 1 aromatic heterocycles. The van der Waals surface area contributed by atoms with Gasteiger partial charge in [-0.25, -0.2) is 0 Å². The van der Waals surface area contributed by atoms with Crippen LogP contribution in [0.15, 0.2) is 30.5 Å². The van der Waals surface area contributed by atoms with Crippen molar-refractivity contribution in [2.24, 2.45) is 5.92 Å². The number of aromatic amines is 1. The van der Waals surface area contributed by atoms with Gasteiger partial charge < -0.3 is 9.72 Å². The highest BCUT2D eigenvalue weighted by molar-refractivity contribution is 5.79. The Morgan fingerprint density at radius 3 is 3.19 bits per heavy atom. The van der Waals surface area contributed by atoms with Crippen LogP contribution in [0.5, 0.6) is 0 Å². The van der Waals surface area contributed by atoms with Crippen molar-refractivity contribution in [3.05, 3.63) is 36.0 Å². The van der Waals surface area contributed by atoms with Crippen molar-refractivity contribution in [2.45, 2.75) is 32.2 Å². The molecule has 0 radical (unpaired) electrons. The standard InChI is InChI=1S/C18H26N2O/c1-21-11-3-5-15-4-2-10-20(13-15)14-16-6-7-18-17(12-16)8-9-19-18/h6-9,12,15,19H,2-5,10-11,13-14H2,1H3/t15-/m0/s1. The van der Waals surface area contributed by atoms with E-state index in [0.717, 1.165) is 19.1 Å². The highest BCUT2D eigenvalue weighted by atomic mass is 16.5. The zero-order valence-electron chi connectivity index (χ0n) is 13.0. The van der Waals surface area contributed by atoms with Crippen LogP contribution in [0.4, 0.5) is 0 Å². The smallest absolute Gasteiger partial charge is 0.0462 e. The van der Waals surface area contributed by atoms with E-state index in [2.05, 4.69) is 34.1 Å². The lowest BCUT2D eigenvalue weighted by molar-refractivity contribution is 0.142. The number of ether oxygens (including phenoxy) is 1. The fourth-order valence-electron chi connectivity index (χ4n) is 3.51. The molecule has 0 amide bonds. The maximum absolute atomic E-state index is 5.17. The number of fused-ring (bicyclic) bond motifs is 1. The van der Waals surface area contributed by atoms with E-state index in [1.54, 1.807) is 7.11 Å². The third-order valence-corrected chi connectivity index (χ3v) is 4.59. The largest absolute Gasteiger partial charge is 0.385 e. The number of aromatic nitrogens is 1. The molecule has 1 aliphatic heterocycles. The molecule has 0 spiro atoms. The molecule has 1 aliphatic rings. The first-order valence-corrected chi connectivity index (χ1v) is 8.12. The van der Waals surface area contributed by atoms with Gasteiger partial charge in [-0.3, -0.25) is 4.90 Å². The minimum Gasteiger partial charge on any atom is -0.385 e. The predicted molar refractivity (Wildman–Crippen MR) is 87.4 cm³/mol. The van der Waals surface area contributed by atoms with Crippen molar-refractivity contribution in [1.82, 2.24) is 9.88 Å². The third-order valence-electron chi connectivity index (χ3n) is 4.59. The number of rotatable bonds is 6. The van der Waals surface area contributed by atoms with E-state index < -0.39 is 0 Å². The number of benzene rings is 1. The van der Waals surface area contributed by atoms with Crippen LogP contribution in [0.25, 0.3) is 10.9 Å². The predicted octanol–water partition coefficient (Wildman–Crippen LogP) is 3.81. The fourth-order valence-corrected chi connectivity index (χ4v) is 3.51. The second-order valence-electron chi connectivity index (χ2n) is 6.28. The second-order valence-corrected chi connectivity index (χ2v) is 6.28. The lowest BCUT2D eigenvalue weighted by atomic mass is 9.93. The van der Waals surface area contributed by atoms with Gasteiger partial charge >= 0.3 is 0 Å². The first-order valence-electron chi connectivity index (χ1n) is 8.12. The molecule has 1 saturated heterocycles. The Hall–Kier alpha value is -1.32. The normalized spacial score (nSPS) is 20.1. The van der Waals surface area contributed by atoms with Crippen LogP contribution in [-0.2, 0) is 11.3 Å². The van der Waals surface area contributed by atoms with Gasteiger partial charge in [0.25, 0.3) is 0 Å². The number of methoxy groups -OCH3 is 1. The van der Waals surface area contributed by atoms with Gasteiger partial charge in [0.15, 0.2) is 0 Å². The Balaban J connectivity index is 1.56. The van der Waals surface area contributed by atoms with Crippen molar-refractivity contribution in [3.8, 4) is 0 Å². The van der Waals surface area contributed by atoms with Crippen LogP contribution in [-0.4, -0.2) is 36.7 Å². The van der Waals surface area contributed by atoms with Crippen LogP contribution in [0, 0.1) is 5.92 Å². The molecular weight excluding hydrogens is 260 g/mol. The molecule has 2 aromatic rings. The molecule has 1 N–H and O–H groups in total. The number of hydrogen-bond donors (Lipinski definition) is 1. The third kappa shape index (κ3) is 3.86. The summed E-state index contributed by atoms with van der Waals surface area (Å²) in [5.74, 6) is 0.852. The van der Waals surface area contributed by atoms with Crippen LogP contribution in [0.1, 0.15) is 31.2 Å². The summed E-state index contributed by atoms with van der Waals surface area (Å²) in [6.07, 6.45) is 7.24. The summed E-state index contributed by atoms with van der Waals surface area (Å²) in [7, 11) is 1.80. The van der Waals surface area contributed by atoms with Gasteiger partial charge in [0.05, 0.1) is 0 Å². The van der Waals surface area contributed by atoms with Crippen molar-refractivity contribution in [1.29, 1.82) is 0 Å². The van der Waals surface area contributed by atoms with Gasteiger partial charge in [0.2, 0.25) is 0 Å². The molecule has 3 heteroatoms. The van der Waals surface area contributed by atoms with Crippen molar-refractivity contribution < 1.29 is 4.74 Å². The molecular formula is C18H26N2O. The highest BCUT2D eigenvalue weighted by Crippen LogP contribution is 2.23. The summed E-state index contributed by atoms with van der Waals surface area (Å²) in [4.78, 5) is 5.88. The van der Waals surface area contributed by atoms with Crippen molar-refractivity contribution in [2.75, 3.05) is 26.8 Å². The van der Waals surface area contributed by atoms with Gasteiger partial charge in [0.1, 0.15) is 0 Å². The van der Waals surface area contributed by atoms with Crippen LogP contribution in [0.2, 0.25) is 0 Å². The van der Waals surface area contributed by atoms with E-state index in [4.69, 9.17) is 4.74 Å². The zero-order chi connectivity index (χ0) is 14.5. The average Bonchev–Trinajstić information content (AvgIpc) is 2.95. The van der Waals surface area contributed by atoms with Gasteiger partial charge in [-0.1, -0.05) is 6.07 Å². The molecule has 2 heterocycles. The van der Waals surface area contributed by atoms with E-state index in [-0.39, 0.29) is 0 Å². The Bertz CT molecular complexity index is 563. The molecule has 3 nitrogen and oxygen atoms in total. The molecule has 1 fully saturated rings. The molecule has 0 saturated carbocycles. The van der Waals surface area contributed by atoms with Crippen LogP contribution < -0.4 is 0 Å². The van der Waals surface area contributed by atoms with E-state index in [0.29, 0.717) is 0 Å². The van der Waals surface area contributed by atoms with Gasteiger partial charge in [-0.05, 0) is 67.3 Å². The van der Waals surface area contributed by atoms with Crippen LogP contribution >= 0.6 is 0 Å². The summed E-state index contributed by atoms with van der Waals surface area (Å²) >= 11 is 0. The SMILES string of the molecule is COCCC[C@@H]1CCCN(Cc2ccc3[nH]ccc3c2)C1. The average molecular weight is 286 g/mol. The number of H-pyrrole nitrogens is 1. The van der Waals surface area contributed by atoms with E-state index in [1.807, 2.05) is 6.20 Å².